The van der Waals surface area contributed by atoms with Gasteiger partial charge in [0.2, 0.25) is 5.91 Å². The molecule has 0 saturated heterocycles. The molecule has 2 heterocycles. The second kappa shape index (κ2) is 6.63. The van der Waals surface area contributed by atoms with E-state index in [4.69, 9.17) is 4.74 Å². The molecule has 0 saturated carbocycles. The lowest BCUT2D eigenvalue weighted by molar-refractivity contribution is -0.155. The molecule has 4 nitrogen and oxygen atoms in total. The fourth-order valence-corrected chi connectivity index (χ4v) is 4.78. The lowest BCUT2D eigenvalue weighted by atomic mass is 10.0. The minimum absolute atomic E-state index is 0.0770. The largest absolute Gasteiger partial charge is 0.464 e. The minimum Gasteiger partial charge on any atom is -0.464 e. The Morgan fingerprint density at radius 1 is 1.50 bits per heavy atom. The van der Waals surface area contributed by atoms with Gasteiger partial charge in [-0.2, -0.15) is 0 Å². The summed E-state index contributed by atoms with van der Waals surface area (Å²) >= 11 is 3.38. The van der Waals surface area contributed by atoms with Crippen molar-refractivity contribution in [1.29, 1.82) is 0 Å². The summed E-state index contributed by atoms with van der Waals surface area (Å²) in [6.07, 6.45) is 0.811. The average molecular weight is 313 g/mol. The number of hydrogen-bond acceptors (Lipinski definition) is 5. The number of ether oxygens (including phenoxy) is 1. The van der Waals surface area contributed by atoms with Crippen LogP contribution < -0.4 is 0 Å². The third kappa shape index (κ3) is 3.01. The number of thiophene rings is 1. The molecule has 0 aromatic carbocycles. The lowest BCUT2D eigenvalue weighted by Crippen LogP contribution is -2.42. The van der Waals surface area contributed by atoms with Crippen molar-refractivity contribution in [2.75, 3.05) is 18.9 Å². The molecule has 0 aliphatic carbocycles. The Morgan fingerprint density at radius 3 is 2.85 bits per heavy atom. The molecule has 0 radical (unpaired) electrons. The van der Waals surface area contributed by atoms with E-state index < -0.39 is 6.04 Å². The van der Waals surface area contributed by atoms with Gasteiger partial charge < -0.3 is 9.64 Å². The molecule has 1 atom stereocenters. The molecule has 0 fully saturated rings. The van der Waals surface area contributed by atoms with E-state index in [1.807, 2.05) is 0 Å². The third-order valence-electron chi connectivity index (χ3n) is 3.20. The van der Waals surface area contributed by atoms with Crippen LogP contribution in [0.15, 0.2) is 10.3 Å². The summed E-state index contributed by atoms with van der Waals surface area (Å²) in [6, 6.07) is 1.59. The van der Waals surface area contributed by atoms with E-state index in [9.17, 15) is 9.59 Å². The average Bonchev–Trinajstić information content (AvgIpc) is 2.80. The molecule has 0 N–H and O–H groups in total. The van der Waals surface area contributed by atoms with Gasteiger partial charge in [0.25, 0.3) is 0 Å². The van der Waals surface area contributed by atoms with Gasteiger partial charge in [-0.1, -0.05) is 6.92 Å². The molecule has 0 unspecified atom stereocenters. The molecule has 20 heavy (non-hydrogen) atoms. The summed E-state index contributed by atoms with van der Waals surface area (Å²) in [5.74, 6) is 0.602. The Labute approximate surface area is 127 Å². The smallest absolute Gasteiger partial charge is 0.334 e. The van der Waals surface area contributed by atoms with Crippen molar-refractivity contribution in [3.05, 3.63) is 16.5 Å². The molecule has 1 aliphatic rings. The predicted octanol–water partition coefficient (Wildman–Crippen LogP) is 2.87. The highest BCUT2D eigenvalue weighted by Crippen LogP contribution is 2.40. The van der Waals surface area contributed by atoms with Crippen LogP contribution >= 0.6 is 23.1 Å². The molecule has 6 heteroatoms. The Morgan fingerprint density at radius 2 is 2.25 bits per heavy atom. The summed E-state index contributed by atoms with van der Waals surface area (Å²) in [4.78, 5) is 26.6. The van der Waals surface area contributed by atoms with Crippen molar-refractivity contribution < 1.29 is 14.3 Å². The summed E-state index contributed by atoms with van der Waals surface area (Å²) in [7, 11) is 0. The summed E-state index contributed by atoms with van der Waals surface area (Å²) < 4.78 is 6.36. The number of rotatable bonds is 4. The number of carbonyl (C=O) groups is 2. The number of fused-ring (bicyclic) bond motifs is 1. The quantitative estimate of drug-likeness (QED) is 0.633. The van der Waals surface area contributed by atoms with Crippen molar-refractivity contribution in [2.45, 2.75) is 37.4 Å². The van der Waals surface area contributed by atoms with Gasteiger partial charge in [-0.25, -0.2) is 4.79 Å². The zero-order valence-electron chi connectivity index (χ0n) is 12.0. The molecule has 2 rings (SSSR count). The molecular formula is C14H19NO3S2. The van der Waals surface area contributed by atoms with Gasteiger partial charge in [-0.05, 0) is 30.7 Å². The molecular weight excluding hydrogens is 294 g/mol. The molecule has 110 valence electrons. The van der Waals surface area contributed by atoms with Crippen molar-refractivity contribution in [2.24, 2.45) is 0 Å². The second-order valence-corrected chi connectivity index (χ2v) is 7.15. The number of thioether (sulfide) groups is 1. The van der Waals surface area contributed by atoms with Crippen LogP contribution in [0.1, 0.15) is 37.3 Å². The van der Waals surface area contributed by atoms with E-state index in [2.05, 4.69) is 13.0 Å². The van der Waals surface area contributed by atoms with E-state index in [-0.39, 0.29) is 11.9 Å². The van der Waals surface area contributed by atoms with E-state index in [1.54, 1.807) is 34.9 Å². The SMILES string of the molecule is CCOC(=O)[C@H]1c2sc(SCC)cc2CCN1C(C)=O. The van der Waals surface area contributed by atoms with Gasteiger partial charge in [0.1, 0.15) is 0 Å². The number of esters is 1. The Kier molecular flexibility index (Phi) is 5.10. The van der Waals surface area contributed by atoms with E-state index in [1.165, 1.54) is 16.7 Å². The first kappa shape index (κ1) is 15.4. The number of amides is 1. The Hall–Kier alpha value is -1.01. The van der Waals surface area contributed by atoms with E-state index in [0.29, 0.717) is 13.2 Å². The zero-order valence-corrected chi connectivity index (χ0v) is 13.6. The highest BCUT2D eigenvalue weighted by molar-refractivity contribution is 8.01. The molecule has 1 aromatic heterocycles. The maximum atomic E-state index is 12.2. The number of hydrogen-bond donors (Lipinski definition) is 0. The standard InChI is InChI=1S/C14H19NO3S2/c1-4-18-14(17)12-13-10(6-7-15(12)9(3)16)8-11(20-13)19-5-2/h8,12H,4-7H2,1-3H3/t12-/m1/s1. The highest BCUT2D eigenvalue weighted by Gasteiger charge is 2.37. The normalized spacial score (nSPS) is 17.8. The fourth-order valence-electron chi connectivity index (χ4n) is 2.36. The maximum absolute atomic E-state index is 12.2. The lowest BCUT2D eigenvalue weighted by Gasteiger charge is -2.33. The third-order valence-corrected chi connectivity index (χ3v) is 5.52. The molecule has 1 aromatic rings. The predicted molar refractivity (Wildman–Crippen MR) is 81.2 cm³/mol. The van der Waals surface area contributed by atoms with Gasteiger partial charge in [-0.15, -0.1) is 23.1 Å². The van der Waals surface area contributed by atoms with Crippen molar-refractivity contribution in [3.8, 4) is 0 Å². The number of nitrogens with zero attached hydrogens (tertiary/aromatic N) is 1. The van der Waals surface area contributed by atoms with Gasteiger partial charge in [0.15, 0.2) is 6.04 Å². The Balaban J connectivity index is 2.36. The van der Waals surface area contributed by atoms with Crippen molar-refractivity contribution >= 4 is 35.0 Å². The van der Waals surface area contributed by atoms with Crippen LogP contribution in [0.3, 0.4) is 0 Å². The monoisotopic (exact) mass is 313 g/mol. The summed E-state index contributed by atoms with van der Waals surface area (Å²) in [5.41, 5.74) is 1.18. The van der Waals surface area contributed by atoms with Crippen molar-refractivity contribution in [3.63, 3.8) is 0 Å². The van der Waals surface area contributed by atoms with Gasteiger partial charge >= 0.3 is 5.97 Å². The highest BCUT2D eigenvalue weighted by atomic mass is 32.2. The maximum Gasteiger partial charge on any atom is 0.334 e. The minimum atomic E-state index is -0.563. The van der Waals surface area contributed by atoms with Crippen LogP contribution in [-0.4, -0.2) is 35.7 Å². The molecule has 1 amide bonds. The van der Waals surface area contributed by atoms with E-state index >= 15 is 0 Å². The van der Waals surface area contributed by atoms with Crippen LogP contribution in [0, 0.1) is 0 Å². The molecule has 1 aliphatic heterocycles. The summed E-state index contributed by atoms with van der Waals surface area (Å²) in [6.45, 7) is 6.31. The fraction of sp³-hybridized carbons (Fsp3) is 0.571. The van der Waals surface area contributed by atoms with Gasteiger partial charge in [0, 0.05) is 18.3 Å². The van der Waals surface area contributed by atoms with Gasteiger partial charge in [-0.3, -0.25) is 4.79 Å². The zero-order chi connectivity index (χ0) is 14.7. The topological polar surface area (TPSA) is 46.6 Å². The van der Waals surface area contributed by atoms with Crippen LogP contribution in [0.2, 0.25) is 0 Å². The van der Waals surface area contributed by atoms with E-state index in [0.717, 1.165) is 17.1 Å². The van der Waals surface area contributed by atoms with Crippen LogP contribution in [-0.2, 0) is 20.7 Å². The Bertz CT molecular complexity index is 513. The van der Waals surface area contributed by atoms with Crippen LogP contribution in [0.25, 0.3) is 0 Å². The van der Waals surface area contributed by atoms with Crippen molar-refractivity contribution in [1.82, 2.24) is 4.90 Å². The van der Waals surface area contributed by atoms with Crippen LogP contribution in [0.4, 0.5) is 0 Å². The molecule has 0 bridgehead atoms. The molecule has 0 spiro atoms. The first-order valence-electron chi connectivity index (χ1n) is 6.77. The number of carbonyl (C=O) groups excluding carboxylic acids is 2. The van der Waals surface area contributed by atoms with Crippen LogP contribution in [0.5, 0.6) is 0 Å². The second-order valence-electron chi connectivity index (χ2n) is 4.50. The summed E-state index contributed by atoms with van der Waals surface area (Å²) in [5, 5.41) is 0. The first-order valence-corrected chi connectivity index (χ1v) is 8.57. The first-order chi connectivity index (χ1) is 9.58. The van der Waals surface area contributed by atoms with Gasteiger partial charge in [0.05, 0.1) is 10.8 Å².